The molecule has 0 atom stereocenters. The smallest absolute Gasteiger partial charge is 0.243 e. The van der Waals surface area contributed by atoms with Crippen molar-refractivity contribution >= 4 is 38.3 Å². The van der Waals surface area contributed by atoms with Crippen LogP contribution in [-0.2, 0) is 4.79 Å². The number of rotatable bonds is 5. The highest BCUT2D eigenvalue weighted by atomic mass is 32.1. The molecule has 0 aliphatic carbocycles. The van der Waals surface area contributed by atoms with Gasteiger partial charge in [0.2, 0.25) is 5.91 Å². The molecule has 1 amide bonds. The fourth-order valence-electron chi connectivity index (χ4n) is 2.71. The van der Waals surface area contributed by atoms with Gasteiger partial charge < -0.3 is 15.0 Å². The van der Waals surface area contributed by atoms with Gasteiger partial charge in [0.25, 0.3) is 0 Å². The number of para-hydroxylation sites is 2. The van der Waals surface area contributed by atoms with E-state index >= 15 is 0 Å². The molecule has 0 saturated heterocycles. The van der Waals surface area contributed by atoms with Crippen LogP contribution in [0, 0.1) is 13.8 Å². The number of benzene rings is 2. The molecule has 5 nitrogen and oxygen atoms in total. The number of ether oxygens (including phenoxy) is 1. The molecule has 1 heterocycles. The monoisotopic (exact) mass is 355 g/mol. The first-order chi connectivity index (χ1) is 12.0. The molecule has 130 valence electrons. The third-order valence-electron chi connectivity index (χ3n) is 4.04. The molecule has 1 aromatic heterocycles. The summed E-state index contributed by atoms with van der Waals surface area (Å²) in [6.45, 7) is 4.22. The van der Waals surface area contributed by atoms with E-state index in [9.17, 15) is 4.79 Å². The maximum absolute atomic E-state index is 12.4. The first kappa shape index (κ1) is 17.2. The SMILES string of the molecule is COc1cccc2sc(N(C)CC(=O)Nc3c(C)cccc3C)nc12. The topological polar surface area (TPSA) is 54.5 Å². The summed E-state index contributed by atoms with van der Waals surface area (Å²) >= 11 is 1.54. The fourth-order valence-corrected chi connectivity index (χ4v) is 3.66. The number of methoxy groups -OCH3 is 1. The van der Waals surface area contributed by atoms with E-state index in [0.717, 1.165) is 37.9 Å². The van der Waals surface area contributed by atoms with E-state index < -0.39 is 0 Å². The number of aryl methyl sites for hydroxylation is 2. The van der Waals surface area contributed by atoms with Crippen molar-refractivity contribution < 1.29 is 9.53 Å². The minimum Gasteiger partial charge on any atom is -0.494 e. The van der Waals surface area contributed by atoms with E-state index in [4.69, 9.17) is 4.74 Å². The number of carbonyl (C=O) groups is 1. The number of hydrogen-bond acceptors (Lipinski definition) is 5. The van der Waals surface area contributed by atoms with Crippen LogP contribution in [0.3, 0.4) is 0 Å². The van der Waals surface area contributed by atoms with Crippen LogP contribution in [0.25, 0.3) is 10.2 Å². The number of thiazole rings is 1. The van der Waals surface area contributed by atoms with Gasteiger partial charge in [-0.3, -0.25) is 4.79 Å². The molecule has 0 saturated carbocycles. The van der Waals surface area contributed by atoms with Crippen LogP contribution in [0.1, 0.15) is 11.1 Å². The average Bonchev–Trinajstić information content (AvgIpc) is 3.02. The van der Waals surface area contributed by atoms with E-state index in [1.807, 2.05) is 62.2 Å². The molecule has 1 N–H and O–H groups in total. The predicted octanol–water partition coefficient (Wildman–Crippen LogP) is 4.00. The number of hydrogen-bond donors (Lipinski definition) is 1. The number of nitrogens with zero attached hydrogens (tertiary/aromatic N) is 2. The van der Waals surface area contributed by atoms with Crippen LogP contribution in [0.2, 0.25) is 0 Å². The summed E-state index contributed by atoms with van der Waals surface area (Å²) in [6.07, 6.45) is 0. The molecule has 3 aromatic rings. The largest absolute Gasteiger partial charge is 0.494 e. The van der Waals surface area contributed by atoms with Crippen molar-refractivity contribution in [1.82, 2.24) is 4.98 Å². The van der Waals surface area contributed by atoms with Crippen molar-refractivity contribution in [2.24, 2.45) is 0 Å². The average molecular weight is 355 g/mol. The van der Waals surface area contributed by atoms with E-state index in [-0.39, 0.29) is 12.5 Å². The van der Waals surface area contributed by atoms with E-state index in [0.29, 0.717) is 0 Å². The number of fused-ring (bicyclic) bond motifs is 1. The second-order valence-electron chi connectivity index (χ2n) is 5.97. The van der Waals surface area contributed by atoms with E-state index in [1.54, 1.807) is 18.4 Å². The minimum absolute atomic E-state index is 0.0638. The summed E-state index contributed by atoms with van der Waals surface area (Å²) in [5, 5.41) is 3.80. The van der Waals surface area contributed by atoms with Gasteiger partial charge in [-0.1, -0.05) is 35.6 Å². The van der Waals surface area contributed by atoms with Crippen molar-refractivity contribution in [3.63, 3.8) is 0 Å². The second kappa shape index (κ2) is 7.11. The molecule has 0 aliphatic rings. The summed E-state index contributed by atoms with van der Waals surface area (Å²) < 4.78 is 6.39. The van der Waals surface area contributed by atoms with Crippen LogP contribution in [0.15, 0.2) is 36.4 Å². The number of anilines is 2. The molecular weight excluding hydrogens is 334 g/mol. The highest BCUT2D eigenvalue weighted by molar-refractivity contribution is 7.22. The Labute approximate surface area is 151 Å². The van der Waals surface area contributed by atoms with Crippen LogP contribution < -0.4 is 15.0 Å². The summed E-state index contributed by atoms with van der Waals surface area (Å²) in [4.78, 5) is 18.9. The Morgan fingerprint density at radius 2 is 1.88 bits per heavy atom. The fraction of sp³-hybridized carbons (Fsp3) is 0.263. The summed E-state index contributed by atoms with van der Waals surface area (Å²) in [7, 11) is 3.50. The first-order valence-corrected chi connectivity index (χ1v) is 8.82. The van der Waals surface area contributed by atoms with Crippen LogP contribution in [0.4, 0.5) is 10.8 Å². The molecule has 6 heteroatoms. The van der Waals surface area contributed by atoms with Gasteiger partial charge in [0.15, 0.2) is 5.13 Å². The third kappa shape index (κ3) is 3.58. The lowest BCUT2D eigenvalue weighted by atomic mass is 10.1. The van der Waals surface area contributed by atoms with Crippen molar-refractivity contribution in [2.45, 2.75) is 13.8 Å². The molecule has 0 radical (unpaired) electrons. The third-order valence-corrected chi connectivity index (χ3v) is 5.18. The number of likely N-dealkylation sites (N-methyl/N-ethyl adjacent to an activating group) is 1. The van der Waals surface area contributed by atoms with Crippen LogP contribution >= 0.6 is 11.3 Å². The Bertz CT molecular complexity index is 900. The lowest BCUT2D eigenvalue weighted by Gasteiger charge is -2.17. The quantitative estimate of drug-likeness (QED) is 0.752. The van der Waals surface area contributed by atoms with Crippen molar-refractivity contribution in [3.8, 4) is 5.75 Å². The normalized spacial score (nSPS) is 10.7. The molecule has 0 spiro atoms. The van der Waals surface area contributed by atoms with Crippen LogP contribution in [0.5, 0.6) is 5.75 Å². The molecule has 0 unspecified atom stereocenters. The Morgan fingerprint density at radius 1 is 1.20 bits per heavy atom. The van der Waals surface area contributed by atoms with Gasteiger partial charge in [-0.05, 0) is 37.1 Å². The molecule has 3 rings (SSSR count). The minimum atomic E-state index is -0.0638. The molecule has 0 fully saturated rings. The molecule has 2 aromatic carbocycles. The van der Waals surface area contributed by atoms with Gasteiger partial charge in [-0.25, -0.2) is 4.98 Å². The molecule has 0 bridgehead atoms. The predicted molar refractivity (Wildman–Crippen MR) is 104 cm³/mol. The van der Waals surface area contributed by atoms with Gasteiger partial charge in [0.1, 0.15) is 11.3 Å². The Hall–Kier alpha value is -2.60. The zero-order chi connectivity index (χ0) is 18.0. The van der Waals surface area contributed by atoms with Gasteiger partial charge in [0.05, 0.1) is 18.4 Å². The summed E-state index contributed by atoms with van der Waals surface area (Å²) in [6, 6.07) is 11.8. The van der Waals surface area contributed by atoms with Gasteiger partial charge in [-0.2, -0.15) is 0 Å². The van der Waals surface area contributed by atoms with Gasteiger partial charge >= 0.3 is 0 Å². The Balaban J connectivity index is 1.76. The first-order valence-electron chi connectivity index (χ1n) is 8.00. The number of aromatic nitrogens is 1. The molecular formula is C19H21N3O2S. The van der Waals surface area contributed by atoms with Crippen molar-refractivity contribution in [1.29, 1.82) is 0 Å². The maximum Gasteiger partial charge on any atom is 0.243 e. The number of carbonyl (C=O) groups excluding carboxylic acids is 1. The zero-order valence-electron chi connectivity index (χ0n) is 14.8. The lowest BCUT2D eigenvalue weighted by molar-refractivity contribution is -0.114. The molecule has 25 heavy (non-hydrogen) atoms. The van der Waals surface area contributed by atoms with Gasteiger partial charge in [-0.15, -0.1) is 0 Å². The molecule has 0 aliphatic heterocycles. The Kier molecular flexibility index (Phi) is 4.90. The van der Waals surface area contributed by atoms with E-state index in [2.05, 4.69) is 10.3 Å². The summed E-state index contributed by atoms with van der Waals surface area (Å²) in [5.41, 5.74) is 3.82. The Morgan fingerprint density at radius 3 is 2.56 bits per heavy atom. The highest BCUT2D eigenvalue weighted by Crippen LogP contribution is 2.33. The number of amides is 1. The van der Waals surface area contributed by atoms with Crippen LogP contribution in [-0.4, -0.2) is 31.6 Å². The summed E-state index contributed by atoms with van der Waals surface area (Å²) in [5.74, 6) is 0.680. The highest BCUT2D eigenvalue weighted by Gasteiger charge is 2.15. The lowest BCUT2D eigenvalue weighted by Crippen LogP contribution is -2.30. The van der Waals surface area contributed by atoms with Gasteiger partial charge in [0, 0.05) is 12.7 Å². The van der Waals surface area contributed by atoms with Crippen molar-refractivity contribution in [3.05, 3.63) is 47.5 Å². The standard InChI is InChI=1S/C19H21N3O2S/c1-12-7-5-8-13(2)17(12)20-16(23)11-22(3)19-21-18-14(24-4)9-6-10-15(18)25-19/h5-10H,11H2,1-4H3,(H,20,23). The zero-order valence-corrected chi connectivity index (χ0v) is 15.6. The van der Waals surface area contributed by atoms with E-state index in [1.165, 1.54) is 0 Å². The maximum atomic E-state index is 12.4. The number of nitrogens with one attached hydrogen (secondary N) is 1. The second-order valence-corrected chi connectivity index (χ2v) is 6.98. The van der Waals surface area contributed by atoms with Crippen molar-refractivity contribution in [2.75, 3.05) is 30.9 Å².